The molecule has 1 aliphatic rings. The summed E-state index contributed by atoms with van der Waals surface area (Å²) < 4.78 is 0. The molecule has 0 amide bonds. The van der Waals surface area contributed by atoms with E-state index in [1.165, 1.54) is 32.1 Å². The van der Waals surface area contributed by atoms with E-state index in [-0.39, 0.29) is 6.67 Å². The molecule has 1 aliphatic carbocycles. The number of rotatable bonds is 4. The van der Waals surface area contributed by atoms with Crippen LogP contribution in [0, 0.1) is 10.8 Å². The fraction of sp³-hybridized carbons (Fsp3) is 1.00. The first-order valence-corrected chi connectivity index (χ1v) is 4.89. The highest BCUT2D eigenvalue weighted by atomic mass is 16.3. The quantitative estimate of drug-likeness (QED) is 0.657. The maximum atomic E-state index is 9.89. The third-order valence-electron chi connectivity index (χ3n) is 2.80. The Kier molecular flexibility index (Phi) is 4.22. The standard InChI is InChI=1S/C9H18N2O/c1-2-8-4-3-5-9(6-8)10-7-11-12/h8-10H,2-7H2,1H3. The minimum absolute atomic E-state index is 0.279. The number of nitroso groups, excluding NO2 is 1. The van der Waals surface area contributed by atoms with Crippen molar-refractivity contribution in [2.24, 2.45) is 11.1 Å². The number of hydrogen-bond donors (Lipinski definition) is 1. The van der Waals surface area contributed by atoms with Gasteiger partial charge in [0.25, 0.3) is 0 Å². The first-order chi connectivity index (χ1) is 5.86. The smallest absolute Gasteiger partial charge is 0.131 e. The fourth-order valence-electron chi connectivity index (χ4n) is 2.01. The summed E-state index contributed by atoms with van der Waals surface area (Å²) in [6.45, 7) is 2.52. The zero-order valence-electron chi connectivity index (χ0n) is 7.75. The summed E-state index contributed by atoms with van der Waals surface area (Å²) in [4.78, 5) is 9.89. The third-order valence-corrected chi connectivity index (χ3v) is 2.80. The summed E-state index contributed by atoms with van der Waals surface area (Å²) in [5, 5.41) is 5.98. The Bertz CT molecular complexity index is 138. The van der Waals surface area contributed by atoms with E-state index in [0.717, 1.165) is 5.92 Å². The average Bonchev–Trinajstić information content (AvgIpc) is 2.15. The molecule has 0 bridgehead atoms. The van der Waals surface area contributed by atoms with Crippen molar-refractivity contribution in [2.75, 3.05) is 6.67 Å². The van der Waals surface area contributed by atoms with Crippen molar-refractivity contribution in [3.8, 4) is 0 Å². The van der Waals surface area contributed by atoms with Crippen LogP contribution in [0.25, 0.3) is 0 Å². The van der Waals surface area contributed by atoms with Gasteiger partial charge in [-0.3, -0.25) is 5.32 Å². The molecule has 3 nitrogen and oxygen atoms in total. The van der Waals surface area contributed by atoms with E-state index in [4.69, 9.17) is 0 Å². The van der Waals surface area contributed by atoms with E-state index in [1.807, 2.05) is 0 Å². The van der Waals surface area contributed by atoms with Crippen LogP contribution in [0.1, 0.15) is 39.0 Å². The molecule has 12 heavy (non-hydrogen) atoms. The van der Waals surface area contributed by atoms with Gasteiger partial charge in [0, 0.05) is 6.04 Å². The predicted octanol–water partition coefficient (Wildman–Crippen LogP) is 2.27. The minimum Gasteiger partial charge on any atom is -0.293 e. The van der Waals surface area contributed by atoms with Crippen molar-refractivity contribution in [2.45, 2.75) is 45.1 Å². The maximum Gasteiger partial charge on any atom is 0.131 e. The van der Waals surface area contributed by atoms with E-state index < -0.39 is 0 Å². The minimum atomic E-state index is 0.279. The second-order valence-corrected chi connectivity index (χ2v) is 3.63. The normalized spacial score (nSPS) is 30.1. The van der Waals surface area contributed by atoms with Gasteiger partial charge >= 0.3 is 0 Å². The molecule has 0 aromatic rings. The molecule has 1 saturated carbocycles. The van der Waals surface area contributed by atoms with Crippen molar-refractivity contribution in [1.29, 1.82) is 0 Å². The van der Waals surface area contributed by atoms with Crippen LogP contribution in [0.15, 0.2) is 5.18 Å². The van der Waals surface area contributed by atoms with Crippen LogP contribution in [0.5, 0.6) is 0 Å². The SMILES string of the molecule is CCC1CCCC(NCN=O)C1. The predicted molar refractivity (Wildman–Crippen MR) is 49.8 cm³/mol. The number of nitrogens with one attached hydrogen (secondary N) is 1. The molecular formula is C9H18N2O. The Labute approximate surface area is 73.9 Å². The van der Waals surface area contributed by atoms with Crippen LogP contribution in [0.4, 0.5) is 0 Å². The maximum absolute atomic E-state index is 9.89. The molecule has 0 aliphatic heterocycles. The van der Waals surface area contributed by atoms with Crippen molar-refractivity contribution in [3.05, 3.63) is 4.91 Å². The van der Waals surface area contributed by atoms with E-state index in [9.17, 15) is 4.91 Å². The largest absolute Gasteiger partial charge is 0.293 e. The zero-order chi connectivity index (χ0) is 8.81. The summed E-state index contributed by atoms with van der Waals surface area (Å²) in [6.07, 6.45) is 6.38. The van der Waals surface area contributed by atoms with Crippen LogP contribution in [0.3, 0.4) is 0 Å². The number of nitrogens with zero attached hydrogens (tertiary/aromatic N) is 1. The Morgan fingerprint density at radius 1 is 1.50 bits per heavy atom. The molecular weight excluding hydrogens is 152 g/mol. The van der Waals surface area contributed by atoms with Crippen molar-refractivity contribution < 1.29 is 0 Å². The molecule has 3 heteroatoms. The van der Waals surface area contributed by atoms with Gasteiger partial charge in [0.1, 0.15) is 6.67 Å². The van der Waals surface area contributed by atoms with Crippen molar-refractivity contribution in [3.63, 3.8) is 0 Å². The molecule has 0 spiro atoms. The molecule has 0 heterocycles. The summed E-state index contributed by atoms with van der Waals surface area (Å²) >= 11 is 0. The van der Waals surface area contributed by atoms with Crippen LogP contribution < -0.4 is 5.32 Å². The summed E-state index contributed by atoms with van der Waals surface area (Å²) in [7, 11) is 0. The highest BCUT2D eigenvalue weighted by molar-refractivity contribution is 4.76. The molecule has 0 saturated heterocycles. The molecule has 0 aromatic carbocycles. The first-order valence-electron chi connectivity index (χ1n) is 4.89. The monoisotopic (exact) mass is 170 g/mol. The van der Waals surface area contributed by atoms with Gasteiger partial charge in [-0.05, 0) is 18.8 Å². The number of hydrogen-bond acceptors (Lipinski definition) is 3. The van der Waals surface area contributed by atoms with E-state index in [1.54, 1.807) is 0 Å². The summed E-state index contributed by atoms with van der Waals surface area (Å²) in [5.74, 6) is 0.864. The van der Waals surface area contributed by atoms with Crippen LogP contribution in [-0.2, 0) is 0 Å². The van der Waals surface area contributed by atoms with Gasteiger partial charge < -0.3 is 0 Å². The lowest BCUT2D eigenvalue weighted by Gasteiger charge is -2.28. The molecule has 2 atom stereocenters. The van der Waals surface area contributed by atoms with E-state index in [0.29, 0.717) is 6.04 Å². The highest BCUT2D eigenvalue weighted by Crippen LogP contribution is 2.26. The second kappa shape index (κ2) is 5.25. The lowest BCUT2D eigenvalue weighted by Crippen LogP contribution is -2.33. The van der Waals surface area contributed by atoms with Gasteiger partial charge in [-0.25, -0.2) is 0 Å². The average molecular weight is 170 g/mol. The van der Waals surface area contributed by atoms with Crippen LogP contribution >= 0.6 is 0 Å². The van der Waals surface area contributed by atoms with Gasteiger partial charge in [-0.2, -0.15) is 0 Å². The van der Waals surface area contributed by atoms with E-state index >= 15 is 0 Å². The third kappa shape index (κ3) is 2.89. The van der Waals surface area contributed by atoms with Gasteiger partial charge in [-0.1, -0.05) is 31.4 Å². The topological polar surface area (TPSA) is 41.5 Å². The van der Waals surface area contributed by atoms with Crippen LogP contribution in [-0.4, -0.2) is 12.7 Å². The molecule has 1 fully saturated rings. The molecule has 70 valence electrons. The second-order valence-electron chi connectivity index (χ2n) is 3.63. The van der Waals surface area contributed by atoms with Gasteiger partial charge in [-0.15, -0.1) is 4.91 Å². The molecule has 2 unspecified atom stereocenters. The molecule has 0 aromatic heterocycles. The Morgan fingerprint density at radius 2 is 2.33 bits per heavy atom. The first kappa shape index (κ1) is 9.65. The lowest BCUT2D eigenvalue weighted by atomic mass is 9.84. The lowest BCUT2D eigenvalue weighted by molar-refractivity contribution is 0.281. The fourth-order valence-corrected chi connectivity index (χ4v) is 2.01. The Hall–Kier alpha value is -0.440. The molecule has 0 radical (unpaired) electrons. The highest BCUT2D eigenvalue weighted by Gasteiger charge is 2.19. The van der Waals surface area contributed by atoms with E-state index in [2.05, 4.69) is 17.4 Å². The van der Waals surface area contributed by atoms with Gasteiger partial charge in [0.2, 0.25) is 0 Å². The molecule has 1 N–H and O–H groups in total. The van der Waals surface area contributed by atoms with Gasteiger partial charge in [0.15, 0.2) is 0 Å². The van der Waals surface area contributed by atoms with Gasteiger partial charge in [0.05, 0.1) is 0 Å². The molecule has 1 rings (SSSR count). The Morgan fingerprint density at radius 3 is 3.00 bits per heavy atom. The summed E-state index contributed by atoms with van der Waals surface area (Å²) in [6, 6.07) is 0.543. The van der Waals surface area contributed by atoms with Crippen LogP contribution in [0.2, 0.25) is 0 Å². The zero-order valence-corrected chi connectivity index (χ0v) is 7.75. The van der Waals surface area contributed by atoms with Crippen molar-refractivity contribution >= 4 is 0 Å². The Balaban J connectivity index is 2.20. The summed E-state index contributed by atoms with van der Waals surface area (Å²) in [5.41, 5.74) is 0. The van der Waals surface area contributed by atoms with Crippen molar-refractivity contribution in [1.82, 2.24) is 5.32 Å².